The summed E-state index contributed by atoms with van der Waals surface area (Å²) in [6, 6.07) is 11.1. The molecule has 0 aliphatic rings. The van der Waals surface area contributed by atoms with Gasteiger partial charge >= 0.3 is 0 Å². The standard InChI is InChI=1S/C39H24F2O23S6/c40-25-7-1-19(13-31(25)65(45,46)47)37(42)21-3-9-27(33(15-21)67(51,52)53)63-29-11-5-23(17-35(29)69(57,58)59)39(44)24-6-12-30(36(18-24)70(60,61)62)64-28-10-4-22(16-34(28)68(54,55)56)38(43)20-2-8-26(41)32(14-20)66(48,49)50/h1-18H,(H,45,46,47)(H,48,49,50)(H,51,52,53)(H,54,55,56)(H,57,58,59)(H,60,61,62). The van der Waals surface area contributed by atoms with Gasteiger partial charge in [-0.15, -0.1) is 0 Å². The summed E-state index contributed by atoms with van der Waals surface area (Å²) >= 11 is 0. The maximum Gasteiger partial charge on any atom is 0.298 e. The minimum atomic E-state index is -5.48. The Bertz CT molecular complexity index is 3710. The molecular weight excluding hydrogens is 1070 g/mol. The number of hydrogen-bond acceptors (Lipinski definition) is 17. The quantitative estimate of drug-likeness (QED) is 0.0564. The molecule has 6 N–H and O–H groups in total. The first-order chi connectivity index (χ1) is 32.0. The van der Waals surface area contributed by atoms with Crippen LogP contribution in [0.25, 0.3) is 0 Å². The largest absolute Gasteiger partial charge is 0.454 e. The predicted molar refractivity (Wildman–Crippen MR) is 228 cm³/mol. The zero-order valence-electron chi connectivity index (χ0n) is 33.7. The second-order valence-electron chi connectivity index (χ2n) is 14.0. The highest BCUT2D eigenvalue weighted by molar-refractivity contribution is 7.87. The molecule has 70 heavy (non-hydrogen) atoms. The smallest absolute Gasteiger partial charge is 0.298 e. The summed E-state index contributed by atoms with van der Waals surface area (Å²) < 4.78 is 244. The van der Waals surface area contributed by atoms with Crippen LogP contribution < -0.4 is 9.47 Å². The topological polar surface area (TPSA) is 396 Å². The normalized spacial score (nSPS) is 12.6. The third-order valence-electron chi connectivity index (χ3n) is 9.32. The molecule has 368 valence electrons. The summed E-state index contributed by atoms with van der Waals surface area (Å²) in [6.45, 7) is 0. The van der Waals surface area contributed by atoms with Gasteiger partial charge in [0, 0.05) is 33.4 Å². The fourth-order valence-electron chi connectivity index (χ4n) is 6.16. The summed E-state index contributed by atoms with van der Waals surface area (Å²) in [7, 11) is -32.2. The average molecular weight is 1090 g/mol. The van der Waals surface area contributed by atoms with Crippen LogP contribution in [0.15, 0.2) is 139 Å². The van der Waals surface area contributed by atoms with Gasteiger partial charge < -0.3 is 9.47 Å². The van der Waals surface area contributed by atoms with Gasteiger partial charge in [-0.25, -0.2) is 8.78 Å². The lowest BCUT2D eigenvalue weighted by Crippen LogP contribution is -2.10. The average Bonchev–Trinajstić information content (AvgIpc) is 3.24. The second kappa shape index (κ2) is 18.5. The number of hydrogen-bond donors (Lipinski definition) is 6. The molecule has 0 aromatic heterocycles. The van der Waals surface area contributed by atoms with Crippen LogP contribution in [-0.4, -0.2) is 95.2 Å². The Morgan fingerprint density at radius 2 is 0.471 bits per heavy atom. The van der Waals surface area contributed by atoms with Crippen molar-refractivity contribution in [3.8, 4) is 23.0 Å². The highest BCUT2D eigenvalue weighted by atomic mass is 32.2. The van der Waals surface area contributed by atoms with Gasteiger partial charge in [0.1, 0.15) is 64.0 Å². The van der Waals surface area contributed by atoms with Crippen LogP contribution in [0.1, 0.15) is 47.8 Å². The van der Waals surface area contributed by atoms with Gasteiger partial charge in [-0.2, -0.15) is 50.5 Å². The molecule has 0 aliphatic carbocycles. The third kappa shape index (κ3) is 11.5. The van der Waals surface area contributed by atoms with Gasteiger partial charge in [0.2, 0.25) is 0 Å². The van der Waals surface area contributed by atoms with Crippen molar-refractivity contribution in [1.82, 2.24) is 0 Å². The van der Waals surface area contributed by atoms with Crippen LogP contribution in [0.2, 0.25) is 0 Å². The molecule has 0 radical (unpaired) electrons. The van der Waals surface area contributed by atoms with Crippen molar-refractivity contribution in [2.24, 2.45) is 0 Å². The number of rotatable bonds is 16. The monoisotopic (exact) mass is 1090 g/mol. The lowest BCUT2D eigenvalue weighted by Gasteiger charge is -2.15. The number of ether oxygens (including phenoxy) is 2. The molecule has 23 nitrogen and oxygen atoms in total. The van der Waals surface area contributed by atoms with Gasteiger partial charge in [-0.05, 0) is 109 Å². The molecule has 6 rings (SSSR count). The second-order valence-corrected chi connectivity index (χ2v) is 22.3. The molecule has 0 aliphatic heterocycles. The lowest BCUT2D eigenvalue weighted by atomic mass is 10.0. The molecule has 0 saturated heterocycles. The Morgan fingerprint density at radius 3 is 0.657 bits per heavy atom. The Hall–Kier alpha value is -6.75. The molecule has 0 unspecified atom stereocenters. The summed E-state index contributed by atoms with van der Waals surface area (Å²) in [4.78, 5) is 32.3. The minimum Gasteiger partial charge on any atom is -0.454 e. The number of carbonyl (C=O) groups is 3. The van der Waals surface area contributed by atoms with E-state index < -0.39 is 175 Å². The van der Waals surface area contributed by atoms with E-state index in [0.717, 1.165) is 36.4 Å². The van der Waals surface area contributed by atoms with Crippen LogP contribution in [-0.2, 0) is 60.7 Å². The molecule has 0 bridgehead atoms. The minimum absolute atomic E-state index is 0.419. The lowest BCUT2D eigenvalue weighted by molar-refractivity contribution is 0.103. The molecule has 0 atom stereocenters. The molecule has 0 heterocycles. The third-order valence-corrected chi connectivity index (χ3v) is 14.6. The summed E-state index contributed by atoms with van der Waals surface area (Å²) in [5, 5.41) is 0. The van der Waals surface area contributed by atoms with Crippen molar-refractivity contribution in [3.05, 3.63) is 154 Å². The van der Waals surface area contributed by atoms with Crippen molar-refractivity contribution >= 4 is 78.1 Å². The van der Waals surface area contributed by atoms with E-state index in [0.29, 0.717) is 72.8 Å². The van der Waals surface area contributed by atoms with Gasteiger partial charge in [0.05, 0.1) is 0 Å². The molecule has 6 aromatic carbocycles. The first-order valence-corrected chi connectivity index (χ1v) is 26.7. The van der Waals surface area contributed by atoms with Crippen molar-refractivity contribution in [1.29, 1.82) is 0 Å². The number of halogens is 2. The molecular formula is C39H24F2O23S6. The van der Waals surface area contributed by atoms with Crippen molar-refractivity contribution in [2.75, 3.05) is 0 Å². The molecule has 0 spiro atoms. The van der Waals surface area contributed by atoms with E-state index in [2.05, 4.69) is 0 Å². The van der Waals surface area contributed by atoms with Crippen LogP contribution >= 0.6 is 0 Å². The van der Waals surface area contributed by atoms with E-state index in [9.17, 15) is 101 Å². The highest BCUT2D eigenvalue weighted by Crippen LogP contribution is 2.38. The Kier molecular flexibility index (Phi) is 13.9. The Balaban J connectivity index is 1.34. The molecule has 31 heteroatoms. The van der Waals surface area contributed by atoms with Crippen LogP contribution in [0.5, 0.6) is 23.0 Å². The van der Waals surface area contributed by atoms with Gasteiger partial charge in [0.15, 0.2) is 17.3 Å². The zero-order chi connectivity index (χ0) is 52.3. The first kappa shape index (κ1) is 52.6. The van der Waals surface area contributed by atoms with Crippen LogP contribution in [0, 0.1) is 11.6 Å². The Morgan fingerprint density at radius 1 is 0.300 bits per heavy atom. The zero-order valence-corrected chi connectivity index (χ0v) is 38.6. The molecule has 0 saturated carbocycles. The van der Waals surface area contributed by atoms with E-state index >= 15 is 0 Å². The summed E-state index contributed by atoms with van der Waals surface area (Å²) in [5.41, 5.74) is -3.87. The number of ketones is 3. The van der Waals surface area contributed by atoms with Crippen LogP contribution in [0.3, 0.4) is 0 Å². The predicted octanol–water partition coefficient (Wildman–Crippen LogP) is 4.72. The SMILES string of the molecule is O=C(c1ccc(F)c(S(=O)(=O)O)c1)c1ccc(Oc2ccc(C(=O)c3ccc(Oc4ccc(C(=O)c5ccc(F)c(S(=O)(=O)O)c5)cc4S(=O)(=O)O)c(S(=O)(=O)O)c3)cc2S(=O)(=O)O)c(S(=O)(=O)O)c1. The molecule has 6 aromatic rings. The number of benzene rings is 6. The fraction of sp³-hybridized carbons (Fsp3) is 0. The summed E-state index contributed by atoms with van der Waals surface area (Å²) in [5.74, 6) is -10.4. The Labute approximate surface area is 393 Å². The maximum atomic E-state index is 14.0. The maximum absolute atomic E-state index is 14.0. The van der Waals surface area contributed by atoms with Crippen LogP contribution in [0.4, 0.5) is 8.78 Å². The van der Waals surface area contributed by atoms with E-state index in [-0.39, 0.29) is 0 Å². The van der Waals surface area contributed by atoms with Gasteiger partial charge in [0.25, 0.3) is 60.7 Å². The van der Waals surface area contributed by atoms with E-state index in [1.165, 1.54) is 0 Å². The molecule has 0 amide bonds. The van der Waals surface area contributed by atoms with E-state index in [4.69, 9.17) is 9.47 Å². The van der Waals surface area contributed by atoms with Gasteiger partial charge in [-0.3, -0.25) is 41.7 Å². The first-order valence-electron chi connectivity index (χ1n) is 18.1. The fourth-order valence-corrected chi connectivity index (χ4v) is 9.90. The van der Waals surface area contributed by atoms with Gasteiger partial charge in [-0.1, -0.05) is 0 Å². The van der Waals surface area contributed by atoms with Crippen molar-refractivity contribution in [2.45, 2.75) is 29.4 Å². The van der Waals surface area contributed by atoms with E-state index in [1.54, 1.807) is 0 Å². The summed E-state index contributed by atoms with van der Waals surface area (Å²) in [6.07, 6.45) is 0. The van der Waals surface area contributed by atoms with E-state index in [1.807, 2.05) is 0 Å². The van der Waals surface area contributed by atoms with Crippen molar-refractivity contribution < 1.29 is 110 Å². The van der Waals surface area contributed by atoms with Crippen molar-refractivity contribution in [3.63, 3.8) is 0 Å². The number of carbonyl (C=O) groups excluding carboxylic acids is 3. The highest BCUT2D eigenvalue weighted by Gasteiger charge is 2.29. The molecule has 0 fully saturated rings.